The van der Waals surface area contributed by atoms with Gasteiger partial charge in [0.05, 0.1) is 10.5 Å². The van der Waals surface area contributed by atoms with E-state index in [0.717, 1.165) is 6.07 Å². The van der Waals surface area contributed by atoms with Crippen molar-refractivity contribution in [3.63, 3.8) is 0 Å². The van der Waals surface area contributed by atoms with Crippen LogP contribution >= 0.6 is 0 Å². The van der Waals surface area contributed by atoms with Gasteiger partial charge in [-0.1, -0.05) is 0 Å². The van der Waals surface area contributed by atoms with Crippen LogP contribution in [0.3, 0.4) is 0 Å². The second kappa shape index (κ2) is 3.82. The molecule has 0 fully saturated rings. The summed E-state index contributed by atoms with van der Waals surface area (Å²) in [6.07, 6.45) is 0. The van der Waals surface area contributed by atoms with Gasteiger partial charge in [0.15, 0.2) is 0 Å². The molecule has 0 aliphatic rings. The number of benzene rings is 1. The first-order valence-electron chi connectivity index (χ1n) is 3.96. The number of nitro benzene ring substituents is 1. The van der Waals surface area contributed by atoms with Crippen molar-refractivity contribution in [2.24, 2.45) is 0 Å². The fraction of sp³-hybridized carbons (Fsp3) is 0.125. The second-order valence-corrected chi connectivity index (χ2v) is 2.77. The van der Waals surface area contributed by atoms with E-state index in [1.54, 1.807) is 0 Å². The fourth-order valence-electron chi connectivity index (χ4n) is 1.14. The summed E-state index contributed by atoms with van der Waals surface area (Å²) < 4.78 is 0. The first-order chi connectivity index (χ1) is 6.97. The van der Waals surface area contributed by atoms with E-state index in [2.05, 4.69) is 5.32 Å². The maximum atomic E-state index is 10.7. The summed E-state index contributed by atoms with van der Waals surface area (Å²) in [5.41, 5.74) is 5.00. The van der Waals surface area contributed by atoms with Crippen LogP contribution in [0.25, 0.3) is 0 Å². The van der Waals surface area contributed by atoms with Gasteiger partial charge in [0.25, 0.3) is 5.69 Å². The van der Waals surface area contributed by atoms with E-state index in [-0.39, 0.29) is 22.6 Å². The molecule has 0 aliphatic carbocycles. The van der Waals surface area contributed by atoms with Crippen molar-refractivity contribution in [2.75, 3.05) is 18.1 Å². The molecule has 80 valence electrons. The number of aromatic carboxylic acids is 1. The van der Waals surface area contributed by atoms with Gasteiger partial charge in [0.2, 0.25) is 0 Å². The minimum Gasteiger partial charge on any atom is -0.478 e. The number of nitrogens with two attached hydrogens (primary N) is 1. The Morgan fingerprint density at radius 1 is 1.60 bits per heavy atom. The van der Waals surface area contributed by atoms with E-state index in [1.165, 1.54) is 13.1 Å². The zero-order valence-electron chi connectivity index (χ0n) is 7.85. The molecule has 0 aromatic heterocycles. The van der Waals surface area contributed by atoms with Gasteiger partial charge < -0.3 is 16.2 Å². The van der Waals surface area contributed by atoms with Crippen molar-refractivity contribution in [1.82, 2.24) is 0 Å². The molecule has 1 aromatic rings. The highest BCUT2D eigenvalue weighted by molar-refractivity contribution is 5.96. The van der Waals surface area contributed by atoms with Crippen LogP contribution in [0.2, 0.25) is 0 Å². The van der Waals surface area contributed by atoms with Crippen LogP contribution in [-0.2, 0) is 0 Å². The predicted octanol–water partition coefficient (Wildman–Crippen LogP) is 0.917. The molecule has 0 heterocycles. The number of nitro groups is 1. The standard InChI is InChI=1S/C8H9N3O4/c1-10-6-3-5(9)4(8(12)13)2-7(6)11(14)15/h2-3,10H,9H2,1H3,(H,12,13). The number of rotatable bonds is 3. The van der Waals surface area contributed by atoms with Crippen LogP contribution in [0.15, 0.2) is 12.1 Å². The first kappa shape index (κ1) is 10.8. The number of anilines is 2. The number of hydrogen-bond acceptors (Lipinski definition) is 5. The maximum absolute atomic E-state index is 10.7. The normalized spacial score (nSPS) is 9.67. The summed E-state index contributed by atoms with van der Waals surface area (Å²) in [5, 5.41) is 21.9. The van der Waals surface area contributed by atoms with Crippen LogP contribution in [0.4, 0.5) is 17.1 Å². The Labute approximate surface area is 84.7 Å². The van der Waals surface area contributed by atoms with E-state index >= 15 is 0 Å². The van der Waals surface area contributed by atoms with Crippen LogP contribution in [0, 0.1) is 10.1 Å². The molecule has 0 atom stereocenters. The summed E-state index contributed by atoms with van der Waals surface area (Å²) in [6.45, 7) is 0. The van der Waals surface area contributed by atoms with Crippen molar-refractivity contribution < 1.29 is 14.8 Å². The molecule has 0 unspecified atom stereocenters. The highest BCUT2D eigenvalue weighted by atomic mass is 16.6. The van der Waals surface area contributed by atoms with E-state index in [0.29, 0.717) is 0 Å². The summed E-state index contributed by atoms with van der Waals surface area (Å²) in [7, 11) is 1.49. The minimum absolute atomic E-state index is 0.0162. The topological polar surface area (TPSA) is 118 Å². The number of nitrogens with one attached hydrogen (secondary N) is 1. The summed E-state index contributed by atoms with van der Waals surface area (Å²) in [4.78, 5) is 20.6. The lowest BCUT2D eigenvalue weighted by Crippen LogP contribution is -2.06. The number of hydrogen-bond donors (Lipinski definition) is 3. The van der Waals surface area contributed by atoms with E-state index in [1.807, 2.05) is 0 Å². The molecule has 0 radical (unpaired) electrons. The average Bonchev–Trinajstić information content (AvgIpc) is 2.16. The lowest BCUT2D eigenvalue weighted by Gasteiger charge is -2.05. The molecule has 7 nitrogen and oxygen atoms in total. The van der Waals surface area contributed by atoms with Crippen molar-refractivity contribution in [1.29, 1.82) is 0 Å². The zero-order chi connectivity index (χ0) is 11.6. The number of nitrogens with zero attached hydrogens (tertiary/aromatic N) is 1. The smallest absolute Gasteiger partial charge is 0.338 e. The highest BCUT2D eigenvalue weighted by Gasteiger charge is 2.19. The molecule has 4 N–H and O–H groups in total. The monoisotopic (exact) mass is 211 g/mol. The molecule has 0 aliphatic heterocycles. The Morgan fingerprint density at radius 2 is 2.20 bits per heavy atom. The van der Waals surface area contributed by atoms with Gasteiger partial charge in [0.1, 0.15) is 5.69 Å². The first-order valence-corrected chi connectivity index (χ1v) is 3.96. The van der Waals surface area contributed by atoms with E-state index in [9.17, 15) is 14.9 Å². The molecule has 0 spiro atoms. The molecular weight excluding hydrogens is 202 g/mol. The largest absolute Gasteiger partial charge is 0.478 e. The molecule has 0 amide bonds. The molecule has 0 saturated carbocycles. The number of carbonyl (C=O) groups is 1. The summed E-state index contributed by atoms with van der Waals surface area (Å²) in [6, 6.07) is 2.16. The van der Waals surface area contributed by atoms with Gasteiger partial charge >= 0.3 is 5.97 Å². The molecule has 1 rings (SSSR count). The van der Waals surface area contributed by atoms with Crippen LogP contribution in [0.1, 0.15) is 10.4 Å². The molecule has 1 aromatic carbocycles. The van der Waals surface area contributed by atoms with Crippen LogP contribution in [-0.4, -0.2) is 23.0 Å². The van der Waals surface area contributed by atoms with E-state index < -0.39 is 10.9 Å². The third-order valence-electron chi connectivity index (χ3n) is 1.86. The van der Waals surface area contributed by atoms with Crippen molar-refractivity contribution in [3.05, 3.63) is 27.8 Å². The quantitative estimate of drug-likeness (QED) is 0.388. The average molecular weight is 211 g/mol. The van der Waals surface area contributed by atoms with Gasteiger partial charge in [-0.25, -0.2) is 4.79 Å². The zero-order valence-corrected chi connectivity index (χ0v) is 7.85. The third kappa shape index (κ3) is 1.96. The lowest BCUT2D eigenvalue weighted by molar-refractivity contribution is -0.384. The van der Waals surface area contributed by atoms with Gasteiger partial charge in [-0.05, 0) is 6.07 Å². The Morgan fingerprint density at radius 3 is 2.60 bits per heavy atom. The lowest BCUT2D eigenvalue weighted by atomic mass is 10.1. The SMILES string of the molecule is CNc1cc(N)c(C(=O)O)cc1[N+](=O)[O-]. The second-order valence-electron chi connectivity index (χ2n) is 2.77. The van der Waals surface area contributed by atoms with Crippen LogP contribution in [0.5, 0.6) is 0 Å². The number of carboxylic acid groups (broad SMARTS) is 1. The minimum atomic E-state index is -1.29. The third-order valence-corrected chi connectivity index (χ3v) is 1.86. The molecular formula is C8H9N3O4. The van der Waals surface area contributed by atoms with E-state index in [4.69, 9.17) is 10.8 Å². The Bertz CT molecular complexity index is 430. The van der Waals surface area contributed by atoms with Crippen molar-refractivity contribution in [2.45, 2.75) is 0 Å². The number of nitrogen functional groups attached to an aromatic ring is 1. The van der Waals surface area contributed by atoms with Gasteiger partial charge in [-0.3, -0.25) is 10.1 Å². The number of carboxylic acids is 1. The summed E-state index contributed by atoms with van der Waals surface area (Å²) >= 11 is 0. The highest BCUT2D eigenvalue weighted by Crippen LogP contribution is 2.29. The van der Waals surface area contributed by atoms with Gasteiger partial charge in [-0.15, -0.1) is 0 Å². The molecule has 0 bridgehead atoms. The molecule has 0 saturated heterocycles. The maximum Gasteiger partial charge on any atom is 0.338 e. The summed E-state index contributed by atoms with van der Waals surface area (Å²) in [5.74, 6) is -1.29. The molecule has 15 heavy (non-hydrogen) atoms. The van der Waals surface area contributed by atoms with Gasteiger partial charge in [0, 0.05) is 18.8 Å². The van der Waals surface area contributed by atoms with Crippen molar-refractivity contribution in [3.8, 4) is 0 Å². The van der Waals surface area contributed by atoms with Gasteiger partial charge in [-0.2, -0.15) is 0 Å². The molecule has 7 heteroatoms. The Hall–Kier alpha value is -2.31. The Balaban J connectivity index is 3.43. The van der Waals surface area contributed by atoms with Crippen LogP contribution < -0.4 is 11.1 Å². The Kier molecular flexibility index (Phi) is 2.75. The fourth-order valence-corrected chi connectivity index (χ4v) is 1.14. The predicted molar refractivity (Wildman–Crippen MR) is 54.0 cm³/mol. The van der Waals surface area contributed by atoms with Crippen molar-refractivity contribution >= 4 is 23.0 Å².